The molecule has 1 aromatic carbocycles. The Balaban J connectivity index is 2.43. The van der Waals surface area contributed by atoms with Crippen LogP contribution in [0.3, 0.4) is 0 Å². The number of rotatable bonds is 3. The third kappa shape index (κ3) is 2.61. The molecule has 2 rings (SSSR count). The molecule has 0 spiro atoms. The summed E-state index contributed by atoms with van der Waals surface area (Å²) in [7, 11) is 1.73. The number of nitrogens with two attached hydrogens (primary N) is 1. The SMILES string of the molecule is COc1c(C)c(C)c(Br)c(C)c1NC1CCCC1N. The first-order valence-corrected chi connectivity index (χ1v) is 7.62. The van der Waals surface area contributed by atoms with Gasteiger partial charge in [0.25, 0.3) is 0 Å². The van der Waals surface area contributed by atoms with Gasteiger partial charge in [-0.2, -0.15) is 0 Å². The lowest BCUT2D eigenvalue weighted by molar-refractivity contribution is 0.411. The zero-order valence-corrected chi connectivity index (χ0v) is 13.7. The molecule has 0 aromatic heterocycles. The van der Waals surface area contributed by atoms with E-state index in [0.29, 0.717) is 6.04 Å². The van der Waals surface area contributed by atoms with Crippen molar-refractivity contribution in [1.82, 2.24) is 0 Å². The smallest absolute Gasteiger partial charge is 0.145 e. The molecule has 4 heteroatoms. The van der Waals surface area contributed by atoms with Crippen molar-refractivity contribution in [3.8, 4) is 5.75 Å². The van der Waals surface area contributed by atoms with Crippen LogP contribution in [-0.4, -0.2) is 19.2 Å². The molecule has 2 unspecified atom stereocenters. The van der Waals surface area contributed by atoms with Crippen molar-refractivity contribution in [3.05, 3.63) is 21.2 Å². The first-order chi connectivity index (χ1) is 8.97. The Bertz CT molecular complexity index is 488. The lowest BCUT2D eigenvalue weighted by Crippen LogP contribution is -2.35. The summed E-state index contributed by atoms with van der Waals surface area (Å²) in [5.41, 5.74) is 10.8. The molecule has 0 radical (unpaired) electrons. The molecule has 0 saturated heterocycles. The molecule has 2 atom stereocenters. The van der Waals surface area contributed by atoms with Gasteiger partial charge < -0.3 is 15.8 Å². The molecule has 1 aliphatic carbocycles. The zero-order chi connectivity index (χ0) is 14.2. The Morgan fingerprint density at radius 1 is 1.16 bits per heavy atom. The number of hydrogen-bond donors (Lipinski definition) is 2. The number of ether oxygens (including phenoxy) is 1. The van der Waals surface area contributed by atoms with Crippen LogP contribution in [0.15, 0.2) is 4.47 Å². The van der Waals surface area contributed by atoms with Crippen molar-refractivity contribution in [1.29, 1.82) is 0 Å². The molecule has 0 aliphatic heterocycles. The average Bonchev–Trinajstić information content (AvgIpc) is 2.79. The van der Waals surface area contributed by atoms with Crippen LogP contribution in [0.4, 0.5) is 5.69 Å². The highest BCUT2D eigenvalue weighted by atomic mass is 79.9. The molecule has 19 heavy (non-hydrogen) atoms. The number of halogens is 1. The second-order valence-electron chi connectivity index (χ2n) is 5.44. The monoisotopic (exact) mass is 326 g/mol. The highest BCUT2D eigenvalue weighted by molar-refractivity contribution is 9.10. The Morgan fingerprint density at radius 3 is 2.37 bits per heavy atom. The number of benzene rings is 1. The summed E-state index contributed by atoms with van der Waals surface area (Å²) in [5, 5.41) is 3.61. The van der Waals surface area contributed by atoms with Crippen LogP contribution in [0.2, 0.25) is 0 Å². The molecule has 3 nitrogen and oxygen atoms in total. The molecular weight excluding hydrogens is 304 g/mol. The minimum atomic E-state index is 0.240. The van der Waals surface area contributed by atoms with Crippen molar-refractivity contribution in [2.75, 3.05) is 12.4 Å². The number of anilines is 1. The van der Waals surface area contributed by atoms with Crippen molar-refractivity contribution in [3.63, 3.8) is 0 Å². The molecule has 1 saturated carbocycles. The lowest BCUT2D eigenvalue weighted by atomic mass is 10.0. The predicted octanol–water partition coefficient (Wildman–Crippen LogP) is 3.67. The second-order valence-corrected chi connectivity index (χ2v) is 6.24. The zero-order valence-electron chi connectivity index (χ0n) is 12.1. The predicted molar refractivity (Wildman–Crippen MR) is 84.1 cm³/mol. The Labute approximate surface area is 124 Å². The second kappa shape index (κ2) is 5.71. The summed E-state index contributed by atoms with van der Waals surface area (Å²) in [6.45, 7) is 6.32. The van der Waals surface area contributed by atoms with Gasteiger partial charge in [0.15, 0.2) is 0 Å². The van der Waals surface area contributed by atoms with E-state index in [1.165, 1.54) is 23.1 Å². The van der Waals surface area contributed by atoms with Gasteiger partial charge >= 0.3 is 0 Å². The average molecular weight is 327 g/mol. The van der Waals surface area contributed by atoms with E-state index in [0.717, 1.165) is 28.8 Å². The van der Waals surface area contributed by atoms with E-state index in [9.17, 15) is 0 Å². The highest BCUT2D eigenvalue weighted by Crippen LogP contribution is 2.41. The largest absolute Gasteiger partial charge is 0.494 e. The molecule has 106 valence electrons. The minimum Gasteiger partial charge on any atom is -0.494 e. The van der Waals surface area contributed by atoms with E-state index in [4.69, 9.17) is 10.5 Å². The van der Waals surface area contributed by atoms with Crippen molar-refractivity contribution >= 4 is 21.6 Å². The maximum atomic E-state index is 6.16. The van der Waals surface area contributed by atoms with E-state index < -0.39 is 0 Å². The van der Waals surface area contributed by atoms with Gasteiger partial charge in [-0.3, -0.25) is 0 Å². The van der Waals surface area contributed by atoms with Gasteiger partial charge in [-0.25, -0.2) is 0 Å². The quantitative estimate of drug-likeness (QED) is 0.890. The van der Waals surface area contributed by atoms with Crippen molar-refractivity contribution < 1.29 is 4.74 Å². The van der Waals surface area contributed by atoms with Gasteiger partial charge in [0.1, 0.15) is 5.75 Å². The van der Waals surface area contributed by atoms with E-state index in [-0.39, 0.29) is 6.04 Å². The normalized spacial score (nSPS) is 22.6. The van der Waals surface area contributed by atoms with Gasteiger partial charge in [-0.05, 0) is 56.7 Å². The first-order valence-electron chi connectivity index (χ1n) is 6.82. The molecule has 1 fully saturated rings. The maximum Gasteiger partial charge on any atom is 0.145 e. The van der Waals surface area contributed by atoms with E-state index in [2.05, 4.69) is 42.0 Å². The summed E-state index contributed by atoms with van der Waals surface area (Å²) >= 11 is 3.68. The molecule has 0 amide bonds. The molecule has 1 aliphatic rings. The van der Waals surface area contributed by atoms with Gasteiger partial charge in [0, 0.05) is 16.6 Å². The summed E-state index contributed by atoms with van der Waals surface area (Å²) in [5.74, 6) is 0.942. The Hall–Kier alpha value is -0.740. The van der Waals surface area contributed by atoms with Gasteiger partial charge in [-0.1, -0.05) is 15.9 Å². The number of methoxy groups -OCH3 is 1. The van der Waals surface area contributed by atoms with Crippen LogP contribution >= 0.6 is 15.9 Å². The minimum absolute atomic E-state index is 0.240. The fourth-order valence-corrected chi connectivity index (χ4v) is 3.36. The third-order valence-corrected chi connectivity index (χ3v) is 5.46. The van der Waals surface area contributed by atoms with Gasteiger partial charge in [-0.15, -0.1) is 0 Å². The van der Waals surface area contributed by atoms with Crippen LogP contribution in [0.1, 0.15) is 36.0 Å². The van der Waals surface area contributed by atoms with Gasteiger partial charge in [0.2, 0.25) is 0 Å². The van der Waals surface area contributed by atoms with Gasteiger partial charge in [0.05, 0.1) is 12.8 Å². The molecule has 0 bridgehead atoms. The van der Waals surface area contributed by atoms with E-state index in [1.807, 2.05) is 0 Å². The van der Waals surface area contributed by atoms with E-state index in [1.54, 1.807) is 7.11 Å². The fourth-order valence-electron chi connectivity index (χ4n) is 2.87. The highest BCUT2D eigenvalue weighted by Gasteiger charge is 2.26. The molecular formula is C15H23BrN2O. The Morgan fingerprint density at radius 2 is 1.84 bits per heavy atom. The summed E-state index contributed by atoms with van der Waals surface area (Å²) < 4.78 is 6.77. The molecule has 1 aromatic rings. The maximum absolute atomic E-state index is 6.16. The third-order valence-electron chi connectivity index (χ3n) is 4.27. The summed E-state index contributed by atoms with van der Waals surface area (Å²) in [6, 6.07) is 0.589. The summed E-state index contributed by atoms with van der Waals surface area (Å²) in [6.07, 6.45) is 3.44. The van der Waals surface area contributed by atoms with Crippen LogP contribution in [-0.2, 0) is 0 Å². The van der Waals surface area contributed by atoms with Crippen molar-refractivity contribution in [2.24, 2.45) is 5.73 Å². The van der Waals surface area contributed by atoms with E-state index >= 15 is 0 Å². The first kappa shape index (κ1) is 14.7. The number of hydrogen-bond acceptors (Lipinski definition) is 3. The topological polar surface area (TPSA) is 47.3 Å². The number of nitrogens with one attached hydrogen (secondary N) is 1. The van der Waals surface area contributed by atoms with Crippen molar-refractivity contribution in [2.45, 2.75) is 52.1 Å². The van der Waals surface area contributed by atoms with Crippen LogP contribution in [0.25, 0.3) is 0 Å². The summed E-state index contributed by atoms with van der Waals surface area (Å²) in [4.78, 5) is 0. The van der Waals surface area contributed by atoms with Crippen LogP contribution < -0.4 is 15.8 Å². The molecule has 3 N–H and O–H groups in total. The van der Waals surface area contributed by atoms with Crippen LogP contribution in [0.5, 0.6) is 5.75 Å². The fraction of sp³-hybridized carbons (Fsp3) is 0.600. The lowest BCUT2D eigenvalue weighted by Gasteiger charge is -2.25. The standard InChI is InChI=1S/C15H23BrN2O/c1-8-9(2)15(19-4)14(10(3)13(8)16)18-12-7-5-6-11(12)17/h11-12,18H,5-7,17H2,1-4H3. The van der Waals surface area contributed by atoms with Crippen LogP contribution in [0, 0.1) is 20.8 Å². The molecule has 0 heterocycles. The Kier molecular flexibility index (Phi) is 4.41.